The summed E-state index contributed by atoms with van der Waals surface area (Å²) in [6.07, 6.45) is 0. The van der Waals surface area contributed by atoms with Crippen LogP contribution in [0.2, 0.25) is 5.02 Å². The van der Waals surface area contributed by atoms with E-state index in [1.54, 1.807) is 31.2 Å². The predicted octanol–water partition coefficient (Wildman–Crippen LogP) is 4.20. The zero-order valence-corrected chi connectivity index (χ0v) is 18.6. The summed E-state index contributed by atoms with van der Waals surface area (Å²) < 4.78 is 0. The van der Waals surface area contributed by atoms with E-state index in [9.17, 15) is 14.9 Å². The van der Waals surface area contributed by atoms with Crippen LogP contribution in [0.5, 0.6) is 0 Å². The fourth-order valence-corrected chi connectivity index (χ4v) is 4.47. The molecular weight excluding hydrogens is 432 g/mol. The average molecular weight is 453 g/mol. The number of nitrogens with zero attached hydrogens (tertiary/aromatic N) is 1. The van der Waals surface area contributed by atoms with Crippen molar-refractivity contribution in [3.8, 4) is 6.07 Å². The molecule has 6 nitrogen and oxygen atoms in total. The van der Waals surface area contributed by atoms with Crippen molar-refractivity contribution in [2.45, 2.75) is 19.8 Å². The summed E-state index contributed by atoms with van der Waals surface area (Å²) in [5.41, 5.74) is 8.78. The van der Waals surface area contributed by atoms with Crippen LogP contribution in [0.25, 0.3) is 0 Å². The van der Waals surface area contributed by atoms with Gasteiger partial charge in [0.15, 0.2) is 0 Å². The number of carbonyl (C=O) groups is 2. The van der Waals surface area contributed by atoms with E-state index in [1.165, 1.54) is 0 Å². The number of halogens is 1. The number of para-hydroxylation sites is 1. The number of amides is 2. The number of primary amides is 1. The Bertz CT molecular complexity index is 1150. The smallest absolute Gasteiger partial charge is 0.254 e. The van der Waals surface area contributed by atoms with Crippen molar-refractivity contribution >= 4 is 40.9 Å². The first-order valence-electron chi connectivity index (χ1n) is 9.48. The van der Waals surface area contributed by atoms with Crippen molar-refractivity contribution in [2.24, 2.45) is 5.73 Å². The molecule has 4 N–H and O–H groups in total. The molecule has 0 saturated heterocycles. The zero-order chi connectivity index (χ0) is 22.5. The van der Waals surface area contributed by atoms with Crippen molar-refractivity contribution in [3.63, 3.8) is 0 Å². The van der Waals surface area contributed by atoms with Gasteiger partial charge in [0.05, 0.1) is 28.3 Å². The largest absolute Gasteiger partial charge is 0.369 e. The van der Waals surface area contributed by atoms with E-state index in [-0.39, 0.29) is 11.7 Å². The third kappa shape index (κ3) is 4.93. The van der Waals surface area contributed by atoms with Crippen molar-refractivity contribution in [1.82, 2.24) is 5.32 Å². The summed E-state index contributed by atoms with van der Waals surface area (Å²) in [7, 11) is 0. The lowest BCUT2D eigenvalue weighted by Gasteiger charge is -2.30. The molecule has 8 heteroatoms. The molecule has 1 heterocycles. The fourth-order valence-electron chi connectivity index (χ4n) is 3.39. The number of allylic oxidation sites excluding steroid dienone is 2. The Morgan fingerprint density at radius 2 is 1.87 bits per heavy atom. The number of nitrogens with one attached hydrogen (secondary N) is 2. The molecular formula is C23H21ClN4O2S. The maximum absolute atomic E-state index is 13.4. The maximum atomic E-state index is 13.4. The van der Waals surface area contributed by atoms with Crippen LogP contribution in [0.3, 0.4) is 0 Å². The Labute approximate surface area is 190 Å². The maximum Gasteiger partial charge on any atom is 0.254 e. The van der Waals surface area contributed by atoms with Gasteiger partial charge < -0.3 is 16.4 Å². The Hall–Kier alpha value is -3.21. The van der Waals surface area contributed by atoms with Crippen molar-refractivity contribution in [1.29, 1.82) is 5.26 Å². The Morgan fingerprint density at radius 3 is 2.52 bits per heavy atom. The van der Waals surface area contributed by atoms with Crippen LogP contribution in [0, 0.1) is 18.3 Å². The number of aryl methyl sites for hydroxylation is 1. The van der Waals surface area contributed by atoms with E-state index < -0.39 is 11.8 Å². The molecule has 0 aromatic heterocycles. The number of nitrogens with two attached hydrogens (primary N) is 1. The van der Waals surface area contributed by atoms with Crippen LogP contribution in [-0.4, -0.2) is 17.6 Å². The summed E-state index contributed by atoms with van der Waals surface area (Å²) in [5.74, 6) is -1.54. The topological polar surface area (TPSA) is 108 Å². The first-order valence-corrected chi connectivity index (χ1v) is 10.8. The van der Waals surface area contributed by atoms with Gasteiger partial charge in [-0.05, 0) is 37.1 Å². The lowest BCUT2D eigenvalue weighted by molar-refractivity contribution is -0.115. The Kier molecular flexibility index (Phi) is 7.06. The minimum absolute atomic E-state index is 0.000769. The van der Waals surface area contributed by atoms with Gasteiger partial charge in [0.1, 0.15) is 0 Å². The number of benzene rings is 2. The lowest BCUT2D eigenvalue weighted by Crippen LogP contribution is -2.31. The van der Waals surface area contributed by atoms with Gasteiger partial charge in [0.25, 0.3) is 5.91 Å². The summed E-state index contributed by atoms with van der Waals surface area (Å²) in [6.45, 7) is 3.66. The van der Waals surface area contributed by atoms with Gasteiger partial charge >= 0.3 is 0 Å². The Morgan fingerprint density at radius 1 is 1.19 bits per heavy atom. The molecule has 158 valence electrons. The molecule has 3 rings (SSSR count). The van der Waals surface area contributed by atoms with Gasteiger partial charge in [-0.25, -0.2) is 0 Å². The first-order chi connectivity index (χ1) is 14.8. The number of carbonyl (C=O) groups excluding carboxylic acids is 2. The number of anilines is 1. The van der Waals surface area contributed by atoms with Crippen molar-refractivity contribution < 1.29 is 9.59 Å². The van der Waals surface area contributed by atoms with Crippen molar-refractivity contribution in [3.05, 3.63) is 86.6 Å². The molecule has 0 saturated carbocycles. The first kappa shape index (κ1) is 22.5. The normalized spacial score (nSPS) is 15.9. The van der Waals surface area contributed by atoms with E-state index in [0.717, 1.165) is 17.3 Å². The molecule has 2 amide bonds. The standard InChI is InChI=1S/C23H21ClN4O2S/c1-13-7-3-6-10-18(13)28-22(30)20-14(2)27-23(31-12-19(26)29)16(11-25)21(20)15-8-4-5-9-17(15)24/h3-10,21,27H,12H2,1-2H3,(H2,26,29)(H,28,30). The second-order valence-corrected chi connectivity index (χ2v) is 8.39. The van der Waals surface area contributed by atoms with Gasteiger partial charge in [-0.1, -0.05) is 59.8 Å². The van der Waals surface area contributed by atoms with E-state index in [2.05, 4.69) is 16.7 Å². The number of nitriles is 1. The lowest BCUT2D eigenvalue weighted by atomic mass is 9.82. The van der Waals surface area contributed by atoms with E-state index in [4.69, 9.17) is 17.3 Å². The fraction of sp³-hybridized carbons (Fsp3) is 0.174. The molecule has 0 radical (unpaired) electrons. The van der Waals surface area contributed by atoms with Crippen LogP contribution in [0.1, 0.15) is 24.0 Å². The molecule has 1 aliphatic rings. The second-order valence-electron chi connectivity index (χ2n) is 7.00. The number of hydrogen-bond acceptors (Lipinski definition) is 5. The van der Waals surface area contributed by atoms with Crippen molar-refractivity contribution in [2.75, 3.05) is 11.1 Å². The minimum Gasteiger partial charge on any atom is -0.369 e. The quantitative estimate of drug-likeness (QED) is 0.608. The highest BCUT2D eigenvalue weighted by Crippen LogP contribution is 2.43. The SMILES string of the molecule is CC1=C(C(=O)Nc2ccccc2C)C(c2ccccc2Cl)C(C#N)=C(SCC(N)=O)N1. The molecule has 0 spiro atoms. The average Bonchev–Trinajstić information content (AvgIpc) is 2.73. The third-order valence-electron chi connectivity index (χ3n) is 4.86. The van der Waals surface area contributed by atoms with Gasteiger partial charge in [-0.2, -0.15) is 5.26 Å². The molecule has 0 bridgehead atoms. The molecule has 2 aromatic carbocycles. The van der Waals surface area contributed by atoms with Crippen LogP contribution < -0.4 is 16.4 Å². The van der Waals surface area contributed by atoms with Crippen LogP contribution in [0.15, 0.2) is 70.4 Å². The summed E-state index contributed by atoms with van der Waals surface area (Å²) in [5, 5.41) is 17.0. The number of dihydropyridines is 1. The molecule has 0 fully saturated rings. The van der Waals surface area contributed by atoms with Gasteiger partial charge in [0, 0.05) is 22.0 Å². The molecule has 31 heavy (non-hydrogen) atoms. The van der Waals surface area contributed by atoms with Crippen LogP contribution in [0.4, 0.5) is 5.69 Å². The van der Waals surface area contributed by atoms with E-state index >= 15 is 0 Å². The van der Waals surface area contributed by atoms with Gasteiger partial charge in [-0.3, -0.25) is 9.59 Å². The zero-order valence-electron chi connectivity index (χ0n) is 17.0. The predicted molar refractivity (Wildman–Crippen MR) is 124 cm³/mol. The highest BCUT2D eigenvalue weighted by molar-refractivity contribution is 8.03. The van der Waals surface area contributed by atoms with Gasteiger partial charge in [-0.15, -0.1) is 0 Å². The molecule has 2 aromatic rings. The summed E-state index contributed by atoms with van der Waals surface area (Å²) in [6, 6.07) is 16.8. The molecule has 1 unspecified atom stereocenters. The molecule has 0 aliphatic carbocycles. The number of thioether (sulfide) groups is 1. The third-order valence-corrected chi connectivity index (χ3v) is 6.24. The highest BCUT2D eigenvalue weighted by Gasteiger charge is 2.35. The summed E-state index contributed by atoms with van der Waals surface area (Å²) >= 11 is 7.60. The minimum atomic E-state index is -0.695. The summed E-state index contributed by atoms with van der Waals surface area (Å²) in [4.78, 5) is 24.7. The van der Waals surface area contributed by atoms with E-state index in [0.29, 0.717) is 38.1 Å². The second kappa shape index (κ2) is 9.73. The Balaban J connectivity index is 2.10. The van der Waals surface area contributed by atoms with Crippen LogP contribution >= 0.6 is 23.4 Å². The highest BCUT2D eigenvalue weighted by atomic mass is 35.5. The molecule has 1 aliphatic heterocycles. The number of rotatable bonds is 6. The monoisotopic (exact) mass is 452 g/mol. The van der Waals surface area contributed by atoms with E-state index in [1.807, 2.05) is 31.2 Å². The van der Waals surface area contributed by atoms with Gasteiger partial charge in [0.2, 0.25) is 5.91 Å². The van der Waals surface area contributed by atoms with Crippen LogP contribution in [-0.2, 0) is 9.59 Å². The molecule has 1 atom stereocenters. The number of hydrogen-bond donors (Lipinski definition) is 3.